The molecule has 1 unspecified atom stereocenters. The first-order valence-corrected chi connectivity index (χ1v) is 10.3. The molecular formula is C21H33N5O3. The Morgan fingerprint density at radius 3 is 2.52 bits per heavy atom. The summed E-state index contributed by atoms with van der Waals surface area (Å²) >= 11 is 0. The van der Waals surface area contributed by atoms with Gasteiger partial charge in [-0.15, -0.1) is 0 Å². The number of piperazine rings is 1. The molecule has 0 radical (unpaired) electrons. The van der Waals surface area contributed by atoms with Crippen molar-refractivity contribution in [2.75, 3.05) is 78.5 Å². The number of carbonyl (C=O) groups excluding carboxylic acids is 2. The number of rotatable bonds is 7. The molecule has 0 aliphatic carbocycles. The molecule has 2 amide bonds. The molecule has 2 aliphatic heterocycles. The van der Waals surface area contributed by atoms with Crippen molar-refractivity contribution in [1.29, 1.82) is 0 Å². The van der Waals surface area contributed by atoms with Crippen LogP contribution in [0.4, 0.5) is 5.69 Å². The molecule has 2 heterocycles. The summed E-state index contributed by atoms with van der Waals surface area (Å²) in [5, 5.41) is 5.40. The molecule has 0 bridgehead atoms. The van der Waals surface area contributed by atoms with Crippen molar-refractivity contribution in [1.82, 2.24) is 20.4 Å². The van der Waals surface area contributed by atoms with E-state index in [1.165, 1.54) is 16.8 Å². The van der Waals surface area contributed by atoms with E-state index < -0.39 is 11.8 Å². The maximum Gasteiger partial charge on any atom is 0.309 e. The Balaban J connectivity index is 1.69. The molecule has 160 valence electrons. The molecule has 0 saturated carbocycles. The van der Waals surface area contributed by atoms with Gasteiger partial charge in [-0.1, -0.05) is 12.1 Å². The van der Waals surface area contributed by atoms with Crippen LogP contribution in [0.3, 0.4) is 0 Å². The number of benzene rings is 1. The number of methoxy groups -OCH3 is 1. The molecule has 0 aromatic heterocycles. The van der Waals surface area contributed by atoms with Crippen molar-refractivity contribution in [2.45, 2.75) is 12.5 Å². The number of fused-ring (bicyclic) bond motifs is 1. The van der Waals surface area contributed by atoms with Crippen molar-refractivity contribution in [3.05, 3.63) is 29.3 Å². The van der Waals surface area contributed by atoms with Crippen LogP contribution in [0, 0.1) is 0 Å². The Bertz CT molecular complexity index is 718. The minimum atomic E-state index is -0.616. The van der Waals surface area contributed by atoms with Gasteiger partial charge in [-0.2, -0.15) is 0 Å². The van der Waals surface area contributed by atoms with Crippen LogP contribution >= 0.6 is 0 Å². The lowest BCUT2D eigenvalue weighted by atomic mass is 10.00. The van der Waals surface area contributed by atoms with Gasteiger partial charge in [0, 0.05) is 65.7 Å². The zero-order valence-electron chi connectivity index (χ0n) is 17.7. The molecule has 1 fully saturated rings. The molecule has 1 aromatic rings. The van der Waals surface area contributed by atoms with Crippen molar-refractivity contribution < 1.29 is 14.3 Å². The van der Waals surface area contributed by atoms with E-state index in [4.69, 9.17) is 4.74 Å². The summed E-state index contributed by atoms with van der Waals surface area (Å²) in [4.78, 5) is 31.2. The van der Waals surface area contributed by atoms with Gasteiger partial charge in [0.2, 0.25) is 0 Å². The SMILES string of the molecule is COCCNC(=O)C(=O)NCC(c1ccc2c(c1)CCN2C)N1CCN(C)CC1. The van der Waals surface area contributed by atoms with E-state index >= 15 is 0 Å². The lowest BCUT2D eigenvalue weighted by molar-refractivity contribution is -0.139. The van der Waals surface area contributed by atoms with Gasteiger partial charge in [0.25, 0.3) is 0 Å². The lowest BCUT2D eigenvalue weighted by Gasteiger charge is -2.38. The van der Waals surface area contributed by atoms with Gasteiger partial charge >= 0.3 is 11.8 Å². The van der Waals surface area contributed by atoms with Crippen molar-refractivity contribution in [3.8, 4) is 0 Å². The zero-order valence-corrected chi connectivity index (χ0v) is 17.7. The molecule has 1 aromatic carbocycles. The summed E-state index contributed by atoms with van der Waals surface area (Å²) in [5.74, 6) is -1.21. The van der Waals surface area contributed by atoms with Crippen molar-refractivity contribution in [2.24, 2.45) is 0 Å². The highest BCUT2D eigenvalue weighted by Crippen LogP contribution is 2.31. The number of nitrogens with one attached hydrogen (secondary N) is 2. The van der Waals surface area contributed by atoms with E-state index in [0.717, 1.165) is 39.1 Å². The van der Waals surface area contributed by atoms with Gasteiger partial charge in [-0.25, -0.2) is 0 Å². The lowest BCUT2D eigenvalue weighted by Crippen LogP contribution is -2.50. The maximum absolute atomic E-state index is 12.2. The third kappa shape index (κ3) is 5.46. The molecule has 8 nitrogen and oxygen atoms in total. The standard InChI is InChI=1S/C21H33N5O3/c1-24-9-11-26(12-10-24)19(15-23-21(28)20(27)22-7-13-29-3)16-4-5-18-17(14-16)6-8-25(18)2/h4-5,14,19H,6-13,15H2,1-3H3,(H,22,27)(H,23,28). The van der Waals surface area contributed by atoms with Crippen LogP contribution < -0.4 is 15.5 Å². The quantitative estimate of drug-likeness (QED) is 0.487. The second-order valence-corrected chi connectivity index (χ2v) is 7.87. The Kier molecular flexibility index (Phi) is 7.46. The fourth-order valence-corrected chi connectivity index (χ4v) is 4.00. The molecule has 2 N–H and O–H groups in total. The second-order valence-electron chi connectivity index (χ2n) is 7.87. The van der Waals surface area contributed by atoms with Crippen LogP contribution in [-0.4, -0.2) is 95.2 Å². The average molecular weight is 404 g/mol. The highest BCUT2D eigenvalue weighted by atomic mass is 16.5. The van der Waals surface area contributed by atoms with Gasteiger partial charge in [-0.3, -0.25) is 14.5 Å². The Morgan fingerprint density at radius 1 is 1.07 bits per heavy atom. The third-order valence-corrected chi connectivity index (χ3v) is 5.85. The smallest absolute Gasteiger partial charge is 0.309 e. The van der Waals surface area contributed by atoms with Gasteiger partial charge in [-0.05, 0) is 30.7 Å². The molecule has 1 saturated heterocycles. The molecule has 0 spiro atoms. The summed E-state index contributed by atoms with van der Waals surface area (Å²) in [6, 6.07) is 6.66. The number of amides is 2. The predicted octanol–water partition coefficient (Wildman–Crippen LogP) is -0.154. The van der Waals surface area contributed by atoms with Crippen LogP contribution in [0.1, 0.15) is 17.2 Å². The molecule has 3 rings (SSSR count). The first-order valence-electron chi connectivity index (χ1n) is 10.3. The van der Waals surface area contributed by atoms with E-state index in [9.17, 15) is 9.59 Å². The highest BCUT2D eigenvalue weighted by Gasteiger charge is 2.27. The van der Waals surface area contributed by atoms with E-state index in [1.54, 1.807) is 7.11 Å². The second kappa shape index (κ2) is 10.0. The minimum absolute atomic E-state index is 0.0515. The number of ether oxygens (including phenoxy) is 1. The molecule has 1 atom stereocenters. The van der Waals surface area contributed by atoms with Crippen LogP contribution in [-0.2, 0) is 20.7 Å². The number of likely N-dealkylation sites (N-methyl/N-ethyl adjacent to an activating group) is 2. The van der Waals surface area contributed by atoms with E-state index in [1.807, 2.05) is 0 Å². The maximum atomic E-state index is 12.2. The van der Waals surface area contributed by atoms with Crippen LogP contribution in [0.2, 0.25) is 0 Å². The highest BCUT2D eigenvalue weighted by molar-refractivity contribution is 6.35. The molecule has 2 aliphatic rings. The number of anilines is 1. The average Bonchev–Trinajstić information content (AvgIpc) is 3.09. The van der Waals surface area contributed by atoms with Gasteiger partial charge < -0.3 is 25.2 Å². The van der Waals surface area contributed by atoms with E-state index in [2.05, 4.69) is 57.6 Å². The van der Waals surface area contributed by atoms with Crippen LogP contribution in [0.5, 0.6) is 0 Å². The summed E-state index contributed by atoms with van der Waals surface area (Å²) in [6.07, 6.45) is 1.05. The number of nitrogens with zero attached hydrogens (tertiary/aromatic N) is 3. The summed E-state index contributed by atoms with van der Waals surface area (Å²) in [6.45, 7) is 6.02. The Morgan fingerprint density at radius 2 is 1.79 bits per heavy atom. The fourth-order valence-electron chi connectivity index (χ4n) is 4.00. The number of hydrogen-bond acceptors (Lipinski definition) is 6. The summed E-state index contributed by atoms with van der Waals surface area (Å²) in [7, 11) is 5.80. The predicted molar refractivity (Wildman–Crippen MR) is 113 cm³/mol. The summed E-state index contributed by atoms with van der Waals surface area (Å²) < 4.78 is 4.90. The van der Waals surface area contributed by atoms with Crippen LogP contribution in [0.15, 0.2) is 18.2 Å². The van der Waals surface area contributed by atoms with Gasteiger partial charge in [0.15, 0.2) is 0 Å². The largest absolute Gasteiger partial charge is 0.383 e. The Hall–Kier alpha value is -2.16. The van der Waals surface area contributed by atoms with E-state index in [-0.39, 0.29) is 6.04 Å². The first-order chi connectivity index (χ1) is 14.0. The third-order valence-electron chi connectivity index (χ3n) is 5.85. The van der Waals surface area contributed by atoms with Gasteiger partial charge in [0.1, 0.15) is 0 Å². The first kappa shape index (κ1) is 21.5. The normalized spacial score (nSPS) is 18.4. The van der Waals surface area contributed by atoms with Crippen molar-refractivity contribution >= 4 is 17.5 Å². The minimum Gasteiger partial charge on any atom is -0.383 e. The van der Waals surface area contributed by atoms with Crippen LogP contribution in [0.25, 0.3) is 0 Å². The van der Waals surface area contributed by atoms with Crippen molar-refractivity contribution in [3.63, 3.8) is 0 Å². The monoisotopic (exact) mass is 403 g/mol. The van der Waals surface area contributed by atoms with E-state index in [0.29, 0.717) is 19.7 Å². The fraction of sp³-hybridized carbons (Fsp3) is 0.619. The van der Waals surface area contributed by atoms with Gasteiger partial charge in [0.05, 0.1) is 12.6 Å². The molecule has 29 heavy (non-hydrogen) atoms. The molecular weight excluding hydrogens is 370 g/mol. The number of hydrogen-bond donors (Lipinski definition) is 2. The number of carbonyl (C=O) groups is 2. The summed E-state index contributed by atoms with van der Waals surface area (Å²) in [5.41, 5.74) is 3.84. The Labute approximate surface area is 173 Å². The molecule has 8 heteroatoms. The zero-order chi connectivity index (χ0) is 20.8. The topological polar surface area (TPSA) is 77.1 Å².